The number of aliphatic hydroxyl groups is 1. The van der Waals surface area contributed by atoms with Crippen molar-refractivity contribution in [3.63, 3.8) is 0 Å². The molecule has 188 valence electrons. The second-order valence-corrected chi connectivity index (χ2v) is 9.57. The topological polar surface area (TPSA) is 66.8 Å². The van der Waals surface area contributed by atoms with Gasteiger partial charge in [0.05, 0.1) is 18.8 Å². The van der Waals surface area contributed by atoms with Gasteiger partial charge >= 0.3 is 5.97 Å². The van der Waals surface area contributed by atoms with Gasteiger partial charge < -0.3 is 14.7 Å². The molecular formula is C31H35NO4. The van der Waals surface area contributed by atoms with Gasteiger partial charge in [-0.1, -0.05) is 66.7 Å². The maximum absolute atomic E-state index is 12.5. The summed E-state index contributed by atoms with van der Waals surface area (Å²) in [5.74, 6) is -0.121. The van der Waals surface area contributed by atoms with Crippen LogP contribution in [0, 0.1) is 0 Å². The highest BCUT2D eigenvalue weighted by Gasteiger charge is 2.30. The second kappa shape index (κ2) is 12.5. The highest BCUT2D eigenvalue weighted by Crippen LogP contribution is 2.25. The summed E-state index contributed by atoms with van der Waals surface area (Å²) >= 11 is 0. The van der Waals surface area contributed by atoms with Crippen LogP contribution < -0.4 is 0 Å². The molecule has 1 fully saturated rings. The zero-order valence-electron chi connectivity index (χ0n) is 20.9. The van der Waals surface area contributed by atoms with Gasteiger partial charge in [0.2, 0.25) is 5.91 Å². The van der Waals surface area contributed by atoms with Crippen LogP contribution in [0.5, 0.6) is 0 Å². The van der Waals surface area contributed by atoms with E-state index in [1.807, 2.05) is 41.3 Å². The molecular weight excluding hydrogens is 450 g/mol. The van der Waals surface area contributed by atoms with Gasteiger partial charge in [-0.3, -0.25) is 4.79 Å². The molecule has 2 atom stereocenters. The lowest BCUT2D eigenvalue weighted by molar-refractivity contribution is -0.129. The maximum Gasteiger partial charge on any atom is 0.337 e. The molecule has 4 rings (SSSR count). The normalized spacial score (nSPS) is 16.2. The Morgan fingerprint density at radius 1 is 1.00 bits per heavy atom. The number of aryl methyl sites for hydroxylation is 1. The first kappa shape index (κ1) is 25.6. The lowest BCUT2D eigenvalue weighted by Crippen LogP contribution is -2.34. The lowest BCUT2D eigenvalue weighted by Gasteiger charge is -2.26. The van der Waals surface area contributed by atoms with Crippen molar-refractivity contribution in [2.24, 2.45) is 0 Å². The van der Waals surface area contributed by atoms with Crippen molar-refractivity contribution < 1.29 is 19.4 Å². The van der Waals surface area contributed by atoms with E-state index in [1.165, 1.54) is 12.7 Å². The first-order valence-electron chi connectivity index (χ1n) is 12.8. The molecule has 5 heteroatoms. The molecule has 3 aromatic rings. The molecule has 0 aliphatic carbocycles. The van der Waals surface area contributed by atoms with Crippen LogP contribution >= 0.6 is 0 Å². The Morgan fingerprint density at radius 2 is 1.75 bits per heavy atom. The summed E-state index contributed by atoms with van der Waals surface area (Å²) in [7, 11) is 1.38. The van der Waals surface area contributed by atoms with Crippen molar-refractivity contribution in [2.75, 3.05) is 13.7 Å². The molecule has 1 N–H and O–H groups in total. The molecule has 0 bridgehead atoms. The highest BCUT2D eigenvalue weighted by molar-refractivity contribution is 5.89. The summed E-state index contributed by atoms with van der Waals surface area (Å²) in [6.45, 7) is 0.720. The Bertz CT molecular complexity index is 1140. The highest BCUT2D eigenvalue weighted by atomic mass is 16.5. The number of benzene rings is 3. The molecule has 0 aromatic heterocycles. The van der Waals surface area contributed by atoms with Crippen molar-refractivity contribution in [1.29, 1.82) is 0 Å². The SMILES string of the molecule is COC(=O)c1ccc(CCCN2C(=O)CCC2CCC(O)Cc2cccc(-c3ccccc3)c2)cc1. The minimum Gasteiger partial charge on any atom is -0.465 e. The fourth-order valence-electron chi connectivity index (χ4n) is 5.05. The summed E-state index contributed by atoms with van der Waals surface area (Å²) < 4.78 is 4.74. The molecule has 5 nitrogen and oxygen atoms in total. The molecule has 2 unspecified atom stereocenters. The summed E-state index contributed by atoms with van der Waals surface area (Å²) in [6.07, 6.45) is 4.85. The van der Waals surface area contributed by atoms with Crippen LogP contribution in [0.2, 0.25) is 0 Å². The van der Waals surface area contributed by atoms with Crippen LogP contribution in [0.25, 0.3) is 11.1 Å². The van der Waals surface area contributed by atoms with Gasteiger partial charge in [-0.15, -0.1) is 0 Å². The van der Waals surface area contributed by atoms with Crippen LogP contribution in [0.15, 0.2) is 78.9 Å². The van der Waals surface area contributed by atoms with E-state index in [9.17, 15) is 14.7 Å². The first-order valence-corrected chi connectivity index (χ1v) is 12.8. The summed E-state index contributed by atoms with van der Waals surface area (Å²) in [6, 6.07) is 26.3. The van der Waals surface area contributed by atoms with Crippen molar-refractivity contribution in [3.8, 4) is 11.1 Å². The monoisotopic (exact) mass is 485 g/mol. The third-order valence-corrected chi connectivity index (χ3v) is 7.03. The van der Waals surface area contributed by atoms with E-state index in [0.29, 0.717) is 24.8 Å². The second-order valence-electron chi connectivity index (χ2n) is 9.57. The number of carbonyl (C=O) groups is 2. The molecule has 1 heterocycles. The van der Waals surface area contributed by atoms with E-state index in [-0.39, 0.29) is 17.9 Å². The van der Waals surface area contributed by atoms with E-state index in [2.05, 4.69) is 30.3 Å². The lowest BCUT2D eigenvalue weighted by atomic mass is 9.97. The average molecular weight is 486 g/mol. The number of rotatable bonds is 11. The number of ether oxygens (including phenoxy) is 1. The largest absolute Gasteiger partial charge is 0.465 e. The van der Waals surface area contributed by atoms with E-state index < -0.39 is 6.10 Å². The summed E-state index contributed by atoms with van der Waals surface area (Å²) in [5, 5.41) is 10.7. The number of hydrogen-bond donors (Lipinski definition) is 1. The minimum atomic E-state index is -0.429. The molecule has 36 heavy (non-hydrogen) atoms. The standard InChI is InChI=1S/C31H35NO4/c1-36-31(35)26-14-12-23(13-15-26)8-6-20-32-28(17-19-30(32)34)16-18-29(33)22-24-7-5-11-27(21-24)25-9-3-2-4-10-25/h2-5,7,9-15,21,28-29,33H,6,8,16-20,22H2,1H3. The summed E-state index contributed by atoms with van der Waals surface area (Å²) in [5.41, 5.74) is 5.14. The van der Waals surface area contributed by atoms with Crippen LogP contribution in [-0.2, 0) is 22.4 Å². The number of carbonyl (C=O) groups excluding carboxylic acids is 2. The fourth-order valence-corrected chi connectivity index (χ4v) is 5.05. The average Bonchev–Trinajstić information content (AvgIpc) is 3.27. The predicted octanol–water partition coefficient (Wildman–Crippen LogP) is 5.45. The molecule has 1 amide bonds. The maximum atomic E-state index is 12.5. The number of esters is 1. The fraction of sp³-hybridized carbons (Fsp3) is 0.355. The van der Waals surface area contributed by atoms with E-state index in [4.69, 9.17) is 4.74 Å². The van der Waals surface area contributed by atoms with Gasteiger partial charge in [-0.25, -0.2) is 4.79 Å². The Hall–Kier alpha value is -3.44. The number of likely N-dealkylation sites (tertiary alicyclic amines) is 1. The van der Waals surface area contributed by atoms with Crippen LogP contribution in [0.4, 0.5) is 0 Å². The zero-order chi connectivity index (χ0) is 25.3. The number of aliphatic hydroxyl groups excluding tert-OH is 1. The first-order chi connectivity index (χ1) is 17.5. The van der Waals surface area contributed by atoms with Crippen molar-refractivity contribution in [3.05, 3.63) is 95.6 Å². The predicted molar refractivity (Wildman–Crippen MR) is 142 cm³/mol. The summed E-state index contributed by atoms with van der Waals surface area (Å²) in [4.78, 5) is 26.1. The Kier molecular flexibility index (Phi) is 8.90. The van der Waals surface area contributed by atoms with Gasteiger partial charge in [-0.2, -0.15) is 0 Å². The number of hydrogen-bond acceptors (Lipinski definition) is 4. The Labute approximate surface area is 213 Å². The zero-order valence-corrected chi connectivity index (χ0v) is 20.9. The van der Waals surface area contributed by atoms with Gasteiger partial charge in [0.15, 0.2) is 0 Å². The van der Waals surface area contributed by atoms with E-state index >= 15 is 0 Å². The molecule has 0 saturated carbocycles. The molecule has 1 aliphatic heterocycles. The molecule has 1 aliphatic rings. The molecule has 1 saturated heterocycles. The van der Waals surface area contributed by atoms with Gasteiger partial charge in [0.1, 0.15) is 0 Å². The van der Waals surface area contributed by atoms with Crippen molar-refractivity contribution in [1.82, 2.24) is 4.90 Å². The number of amides is 1. The third kappa shape index (κ3) is 6.82. The van der Waals surface area contributed by atoms with Gasteiger partial charge in [0, 0.05) is 19.0 Å². The van der Waals surface area contributed by atoms with Crippen molar-refractivity contribution >= 4 is 11.9 Å². The quantitative estimate of drug-likeness (QED) is 0.367. The molecule has 0 spiro atoms. The minimum absolute atomic E-state index is 0.199. The third-order valence-electron chi connectivity index (χ3n) is 7.03. The van der Waals surface area contributed by atoms with Crippen LogP contribution in [-0.4, -0.2) is 47.7 Å². The van der Waals surface area contributed by atoms with Gasteiger partial charge in [0.25, 0.3) is 0 Å². The number of nitrogens with zero attached hydrogens (tertiary/aromatic N) is 1. The molecule has 3 aromatic carbocycles. The number of methoxy groups -OCH3 is 1. The Balaban J connectivity index is 1.24. The van der Waals surface area contributed by atoms with Crippen molar-refractivity contribution in [2.45, 2.75) is 57.1 Å². The van der Waals surface area contributed by atoms with E-state index in [0.717, 1.165) is 48.9 Å². The van der Waals surface area contributed by atoms with E-state index in [1.54, 1.807) is 12.1 Å². The Morgan fingerprint density at radius 3 is 2.50 bits per heavy atom. The molecule has 0 radical (unpaired) electrons. The van der Waals surface area contributed by atoms with Gasteiger partial charge in [-0.05, 0) is 72.9 Å². The van der Waals surface area contributed by atoms with Crippen LogP contribution in [0.1, 0.15) is 53.6 Å². The smallest absolute Gasteiger partial charge is 0.337 e. The van der Waals surface area contributed by atoms with Crippen LogP contribution in [0.3, 0.4) is 0 Å².